The second-order valence-electron chi connectivity index (χ2n) is 9.54. The monoisotopic (exact) mass is 454 g/mol. The molecule has 1 aliphatic carbocycles. The van der Waals surface area contributed by atoms with E-state index in [0.29, 0.717) is 47.1 Å². The number of rotatable bonds is 3. The van der Waals surface area contributed by atoms with Crippen molar-refractivity contribution in [3.63, 3.8) is 0 Å². The Morgan fingerprint density at radius 2 is 1.91 bits per heavy atom. The number of Topliss-reactive ketones (excluding diaryl/α,β-unsaturated/α-hetero) is 1. The van der Waals surface area contributed by atoms with Gasteiger partial charge in [-0.05, 0) is 30.0 Å². The Kier molecular flexibility index (Phi) is 4.98. The maximum Gasteiger partial charge on any atom is 0.162 e. The Bertz CT molecular complexity index is 1360. The maximum atomic E-state index is 13.7. The minimum absolute atomic E-state index is 0.0286. The molecule has 2 N–H and O–H groups in total. The van der Waals surface area contributed by atoms with Crippen molar-refractivity contribution in [3.8, 4) is 17.6 Å². The number of anilines is 1. The van der Waals surface area contributed by atoms with Gasteiger partial charge >= 0.3 is 0 Å². The first-order chi connectivity index (χ1) is 16.3. The molecule has 34 heavy (non-hydrogen) atoms. The third-order valence-corrected chi connectivity index (χ3v) is 6.72. The third kappa shape index (κ3) is 3.18. The highest BCUT2D eigenvalue weighted by Gasteiger charge is 2.47. The van der Waals surface area contributed by atoms with Crippen LogP contribution in [0.15, 0.2) is 70.1 Å². The first kappa shape index (κ1) is 21.8. The summed E-state index contributed by atoms with van der Waals surface area (Å²) in [5, 5.41) is 10.4. The maximum absolute atomic E-state index is 13.7. The number of fused-ring (bicyclic) bond motifs is 4. The summed E-state index contributed by atoms with van der Waals surface area (Å²) >= 11 is 0. The zero-order valence-electron chi connectivity index (χ0n) is 19.7. The molecule has 2 heterocycles. The standard InChI is InChI=1S/C27H26N4O3/c1-27(2)12-20-24(21(32)13-27)23(17-10-9-15(33-3)11-22(17)34-4)18(14-28)26-30-25(29)16-7-5-6-8-19(16)31(20)26/h5-11,23H,12-13H2,1-4H3,(H2,29,30)/t23-/m0/s1. The molecular formula is C27H26N4O3. The number of carbonyl (C=O) groups is 1. The summed E-state index contributed by atoms with van der Waals surface area (Å²) in [6.07, 6.45) is 1.06. The van der Waals surface area contributed by atoms with Gasteiger partial charge in [-0.3, -0.25) is 9.69 Å². The molecule has 0 spiro atoms. The van der Waals surface area contributed by atoms with Crippen LogP contribution in [0.3, 0.4) is 0 Å². The molecule has 0 aromatic heterocycles. The van der Waals surface area contributed by atoms with Crippen LogP contribution in [0.5, 0.6) is 11.5 Å². The van der Waals surface area contributed by atoms with Crippen LogP contribution in [-0.2, 0) is 4.79 Å². The van der Waals surface area contributed by atoms with E-state index in [1.807, 2.05) is 41.3 Å². The van der Waals surface area contributed by atoms with Crippen LogP contribution < -0.4 is 20.1 Å². The smallest absolute Gasteiger partial charge is 0.162 e. The van der Waals surface area contributed by atoms with Gasteiger partial charge in [0.2, 0.25) is 0 Å². The van der Waals surface area contributed by atoms with Crippen molar-refractivity contribution >= 4 is 17.3 Å². The second-order valence-corrected chi connectivity index (χ2v) is 9.54. The van der Waals surface area contributed by atoms with Crippen molar-refractivity contribution < 1.29 is 14.3 Å². The van der Waals surface area contributed by atoms with Gasteiger partial charge in [-0.15, -0.1) is 0 Å². The Balaban J connectivity index is 1.85. The van der Waals surface area contributed by atoms with Gasteiger partial charge in [-0.25, -0.2) is 4.99 Å². The Morgan fingerprint density at radius 3 is 2.62 bits per heavy atom. The zero-order valence-corrected chi connectivity index (χ0v) is 19.7. The molecule has 2 aliphatic heterocycles. The first-order valence-electron chi connectivity index (χ1n) is 11.2. The lowest BCUT2D eigenvalue weighted by Crippen LogP contribution is -2.42. The average molecular weight is 455 g/mol. The highest BCUT2D eigenvalue weighted by atomic mass is 16.5. The fraction of sp³-hybridized carbons (Fsp3) is 0.296. The number of nitriles is 1. The molecule has 1 atom stereocenters. The van der Waals surface area contributed by atoms with E-state index in [4.69, 9.17) is 20.2 Å². The van der Waals surface area contributed by atoms with Crippen LogP contribution in [0.2, 0.25) is 0 Å². The van der Waals surface area contributed by atoms with Crippen molar-refractivity contribution in [2.45, 2.75) is 32.6 Å². The second kappa shape index (κ2) is 7.77. The summed E-state index contributed by atoms with van der Waals surface area (Å²) in [7, 11) is 3.15. The molecule has 7 heteroatoms. The molecule has 0 amide bonds. The lowest BCUT2D eigenvalue weighted by Gasteiger charge is -2.45. The number of hydrogen-bond donors (Lipinski definition) is 1. The summed E-state index contributed by atoms with van der Waals surface area (Å²) in [6.45, 7) is 4.18. The van der Waals surface area contributed by atoms with E-state index in [-0.39, 0.29) is 11.2 Å². The van der Waals surface area contributed by atoms with E-state index in [0.717, 1.165) is 22.5 Å². The number of amidine groups is 1. The minimum atomic E-state index is -0.613. The predicted octanol–water partition coefficient (Wildman–Crippen LogP) is 4.40. The molecule has 172 valence electrons. The number of nitrogens with two attached hydrogens (primary N) is 1. The van der Waals surface area contributed by atoms with Crippen LogP contribution >= 0.6 is 0 Å². The highest BCUT2D eigenvalue weighted by Crippen LogP contribution is 2.53. The molecule has 2 aromatic rings. The molecule has 7 nitrogen and oxygen atoms in total. The van der Waals surface area contributed by atoms with E-state index >= 15 is 0 Å². The number of carbonyl (C=O) groups excluding carboxylic acids is 1. The molecule has 0 saturated carbocycles. The van der Waals surface area contributed by atoms with E-state index in [1.165, 1.54) is 0 Å². The molecule has 3 aliphatic rings. The molecule has 0 unspecified atom stereocenters. The zero-order chi connectivity index (χ0) is 24.2. The highest BCUT2D eigenvalue weighted by molar-refractivity contribution is 6.08. The van der Waals surface area contributed by atoms with Gasteiger partial charge in [0, 0.05) is 34.9 Å². The number of allylic oxidation sites excluding steroid dienone is 3. The molecule has 2 aromatic carbocycles. The van der Waals surface area contributed by atoms with E-state index in [9.17, 15) is 10.1 Å². The number of ether oxygens (including phenoxy) is 2. The summed E-state index contributed by atoms with van der Waals surface area (Å²) in [5.41, 5.74) is 10.3. The largest absolute Gasteiger partial charge is 0.497 e. The van der Waals surface area contributed by atoms with Crippen LogP contribution in [0, 0.1) is 16.7 Å². The summed E-state index contributed by atoms with van der Waals surface area (Å²) < 4.78 is 11.0. The van der Waals surface area contributed by atoms with Crippen molar-refractivity contribution in [2.24, 2.45) is 16.1 Å². The van der Waals surface area contributed by atoms with E-state index in [2.05, 4.69) is 19.9 Å². The third-order valence-electron chi connectivity index (χ3n) is 6.72. The lowest BCUT2D eigenvalue weighted by atomic mass is 9.68. The van der Waals surface area contributed by atoms with Crippen molar-refractivity contribution in [3.05, 3.63) is 76.3 Å². The fourth-order valence-electron chi connectivity index (χ4n) is 5.26. The normalized spacial score (nSPS) is 20.7. The molecule has 0 fully saturated rings. The van der Waals surface area contributed by atoms with Crippen molar-refractivity contribution in [1.29, 1.82) is 5.26 Å². The van der Waals surface area contributed by atoms with Gasteiger partial charge in [-0.1, -0.05) is 32.0 Å². The molecular weight excluding hydrogens is 428 g/mol. The topological polar surface area (TPSA) is 101 Å². The summed E-state index contributed by atoms with van der Waals surface area (Å²) in [4.78, 5) is 20.4. The van der Waals surface area contributed by atoms with Gasteiger partial charge in [0.05, 0.1) is 37.5 Å². The summed E-state index contributed by atoms with van der Waals surface area (Å²) in [6, 6.07) is 15.5. The molecule has 0 radical (unpaired) electrons. The number of benzene rings is 2. The lowest BCUT2D eigenvalue weighted by molar-refractivity contribution is -0.118. The Hall–Kier alpha value is -4.05. The number of methoxy groups -OCH3 is 2. The van der Waals surface area contributed by atoms with Gasteiger partial charge in [0.25, 0.3) is 0 Å². The molecule has 0 saturated heterocycles. The quantitative estimate of drug-likeness (QED) is 0.737. The Morgan fingerprint density at radius 1 is 1.15 bits per heavy atom. The Labute approximate surface area is 198 Å². The van der Waals surface area contributed by atoms with Crippen LogP contribution in [-0.4, -0.2) is 25.8 Å². The first-order valence-corrected chi connectivity index (χ1v) is 11.2. The molecule has 5 rings (SSSR count). The average Bonchev–Trinajstić information content (AvgIpc) is 2.82. The van der Waals surface area contributed by atoms with E-state index < -0.39 is 5.92 Å². The predicted molar refractivity (Wildman–Crippen MR) is 130 cm³/mol. The number of ketones is 1. The van der Waals surface area contributed by atoms with Gasteiger partial charge in [0.1, 0.15) is 17.3 Å². The van der Waals surface area contributed by atoms with Crippen LogP contribution in [0.25, 0.3) is 0 Å². The van der Waals surface area contributed by atoms with Gasteiger partial charge < -0.3 is 15.2 Å². The summed E-state index contributed by atoms with van der Waals surface area (Å²) in [5.74, 6) is 1.40. The van der Waals surface area contributed by atoms with Crippen molar-refractivity contribution in [1.82, 2.24) is 0 Å². The van der Waals surface area contributed by atoms with Crippen LogP contribution in [0.4, 0.5) is 5.69 Å². The van der Waals surface area contributed by atoms with Gasteiger partial charge in [-0.2, -0.15) is 5.26 Å². The molecule has 0 bridgehead atoms. The minimum Gasteiger partial charge on any atom is -0.497 e. The van der Waals surface area contributed by atoms with Crippen molar-refractivity contribution in [2.75, 3.05) is 19.1 Å². The number of aliphatic imine (C=N–C) groups is 1. The van der Waals surface area contributed by atoms with Crippen LogP contribution in [0.1, 0.15) is 43.7 Å². The SMILES string of the molecule is COc1ccc([C@H]2C(C#N)=C3N=C(N)c4ccccc4N3C3=C2C(=O)CC(C)(C)C3)c(OC)c1. The number of para-hydroxylation sites is 1. The van der Waals surface area contributed by atoms with Gasteiger partial charge in [0.15, 0.2) is 11.6 Å². The number of hydrogen-bond acceptors (Lipinski definition) is 7. The fourth-order valence-corrected chi connectivity index (χ4v) is 5.26. The van der Waals surface area contributed by atoms with E-state index in [1.54, 1.807) is 20.3 Å². The number of nitrogens with zero attached hydrogens (tertiary/aromatic N) is 3.